The quantitative estimate of drug-likeness (QED) is 0.536. The Morgan fingerprint density at radius 3 is 2.18 bits per heavy atom. The molecule has 1 N–H and O–H groups in total. The van der Waals surface area contributed by atoms with Gasteiger partial charge in [0.25, 0.3) is 0 Å². The van der Waals surface area contributed by atoms with Crippen LogP contribution in [0.15, 0.2) is 0 Å². The van der Waals surface area contributed by atoms with Gasteiger partial charge in [0.2, 0.25) is 0 Å². The van der Waals surface area contributed by atoms with Gasteiger partial charge in [0.15, 0.2) is 0 Å². The van der Waals surface area contributed by atoms with Crippen molar-refractivity contribution in [1.29, 1.82) is 0 Å². The maximum atomic E-state index is 10.0. The van der Waals surface area contributed by atoms with Crippen LogP contribution in [0.25, 0.3) is 0 Å². The first-order valence-corrected chi connectivity index (χ1v) is 3.99. The molecule has 3 heteroatoms. The van der Waals surface area contributed by atoms with Crippen molar-refractivity contribution in [3.05, 3.63) is 0 Å². The normalized spacial score (nSPS) is 8.82. The van der Waals surface area contributed by atoms with Crippen LogP contribution in [0.1, 0.15) is 45.4 Å². The first kappa shape index (κ1) is 13.6. The topological polar surface area (TPSA) is 37.3 Å². The van der Waals surface area contributed by atoms with Crippen molar-refractivity contribution in [2.45, 2.75) is 45.4 Å². The Morgan fingerprint density at radius 2 is 1.73 bits per heavy atom. The Hall–Kier alpha value is 0.0129. The zero-order valence-corrected chi connectivity index (χ0v) is 6.60. The van der Waals surface area contributed by atoms with Gasteiger partial charge in [-0.2, -0.15) is 0 Å². The number of rotatable bonds is 6. The van der Waals surface area contributed by atoms with E-state index in [0.717, 1.165) is 12.8 Å². The number of carboxylic acid groups (broad SMARTS) is 1. The molecule has 0 unspecified atom stereocenters. The van der Waals surface area contributed by atoms with Gasteiger partial charge in [-0.05, 0) is 6.42 Å². The molecule has 11 heavy (non-hydrogen) atoms. The molecule has 0 amide bonds. The molecular formula is C8H20GeO2. The molecule has 0 bridgehead atoms. The molecule has 0 aliphatic carbocycles. The second kappa shape index (κ2) is 10.0. The fraction of sp³-hybridized carbons (Fsp3) is 0.875. The second-order valence-electron chi connectivity index (χ2n) is 2.56. The van der Waals surface area contributed by atoms with Crippen LogP contribution >= 0.6 is 0 Å². The first-order valence-electron chi connectivity index (χ1n) is 3.99. The Morgan fingerprint density at radius 1 is 1.18 bits per heavy atom. The van der Waals surface area contributed by atoms with Crippen molar-refractivity contribution in [3.63, 3.8) is 0 Å². The van der Waals surface area contributed by atoms with E-state index in [1.54, 1.807) is 0 Å². The van der Waals surface area contributed by atoms with Crippen molar-refractivity contribution in [3.8, 4) is 0 Å². The monoisotopic (exact) mass is 222 g/mol. The van der Waals surface area contributed by atoms with Crippen molar-refractivity contribution < 1.29 is 9.90 Å². The van der Waals surface area contributed by atoms with E-state index in [0.29, 0.717) is 6.42 Å². The SMILES string of the molecule is CCCCCCCC(=O)O.[GeH4]. The zero-order valence-electron chi connectivity index (χ0n) is 6.60. The molecule has 0 atom stereocenters. The summed E-state index contributed by atoms with van der Waals surface area (Å²) in [6.45, 7) is 2.15. The third-order valence-corrected chi connectivity index (χ3v) is 1.49. The standard InChI is InChI=1S/C8H16O2.GeH4/c1-2-3-4-5-6-7-8(9)10;/h2-7H2,1H3,(H,9,10);1H4. The van der Waals surface area contributed by atoms with E-state index in [4.69, 9.17) is 5.11 Å². The molecular weight excluding hydrogens is 201 g/mol. The molecule has 0 radical (unpaired) electrons. The predicted octanol–water partition coefficient (Wildman–Crippen LogP) is 0.980. The summed E-state index contributed by atoms with van der Waals surface area (Å²) < 4.78 is 0. The number of unbranched alkanes of at least 4 members (excludes halogenated alkanes) is 4. The molecule has 0 rings (SSSR count). The van der Waals surface area contributed by atoms with Crippen LogP contribution in [0.2, 0.25) is 0 Å². The van der Waals surface area contributed by atoms with Crippen LogP contribution in [0.5, 0.6) is 0 Å². The number of carbonyl (C=O) groups is 1. The van der Waals surface area contributed by atoms with E-state index >= 15 is 0 Å². The molecule has 0 aliphatic rings. The average Bonchev–Trinajstić information content (AvgIpc) is 1.87. The van der Waals surface area contributed by atoms with Crippen LogP contribution in [0.4, 0.5) is 0 Å². The van der Waals surface area contributed by atoms with E-state index in [-0.39, 0.29) is 17.6 Å². The van der Waals surface area contributed by atoms with E-state index in [1.807, 2.05) is 0 Å². The Labute approximate surface area is 79.3 Å². The van der Waals surface area contributed by atoms with Crippen molar-refractivity contribution in [1.82, 2.24) is 0 Å². The van der Waals surface area contributed by atoms with Crippen molar-refractivity contribution >= 4 is 23.6 Å². The molecule has 0 saturated heterocycles. The minimum absolute atomic E-state index is 0. The second-order valence-corrected chi connectivity index (χ2v) is 2.56. The van der Waals surface area contributed by atoms with Crippen LogP contribution in [-0.2, 0) is 4.79 Å². The molecule has 0 aromatic carbocycles. The Bertz CT molecular complexity index is 94.1. The average molecular weight is 221 g/mol. The third-order valence-electron chi connectivity index (χ3n) is 1.49. The fourth-order valence-corrected chi connectivity index (χ4v) is 0.880. The Balaban J connectivity index is 0. The summed E-state index contributed by atoms with van der Waals surface area (Å²) in [5.41, 5.74) is 0. The van der Waals surface area contributed by atoms with Gasteiger partial charge >= 0.3 is 23.6 Å². The molecule has 0 aromatic heterocycles. The molecule has 0 aliphatic heterocycles. The predicted molar refractivity (Wildman–Crippen MR) is 52.3 cm³/mol. The summed E-state index contributed by atoms with van der Waals surface area (Å²) in [7, 11) is 0. The summed E-state index contributed by atoms with van der Waals surface area (Å²) in [6.07, 6.45) is 5.88. The van der Waals surface area contributed by atoms with Gasteiger partial charge in [-0.3, -0.25) is 4.79 Å². The summed E-state index contributed by atoms with van der Waals surface area (Å²) >= 11 is 0. The van der Waals surface area contributed by atoms with Crippen LogP contribution in [-0.4, -0.2) is 28.7 Å². The third kappa shape index (κ3) is 13.1. The maximum absolute atomic E-state index is 10.0. The number of carboxylic acids is 1. The fourth-order valence-electron chi connectivity index (χ4n) is 0.880. The number of aliphatic carboxylic acids is 1. The molecule has 0 heterocycles. The zero-order chi connectivity index (χ0) is 7.82. The van der Waals surface area contributed by atoms with Gasteiger partial charge in [-0.15, -0.1) is 0 Å². The summed E-state index contributed by atoms with van der Waals surface area (Å²) in [5.74, 6) is -0.670. The van der Waals surface area contributed by atoms with E-state index in [9.17, 15) is 4.79 Å². The van der Waals surface area contributed by atoms with Crippen LogP contribution in [0, 0.1) is 0 Å². The molecule has 0 fully saturated rings. The van der Waals surface area contributed by atoms with Gasteiger partial charge in [-0.1, -0.05) is 32.6 Å². The van der Waals surface area contributed by atoms with Crippen molar-refractivity contribution in [2.24, 2.45) is 0 Å². The summed E-state index contributed by atoms with van der Waals surface area (Å²) in [6, 6.07) is 0. The summed E-state index contributed by atoms with van der Waals surface area (Å²) in [5, 5.41) is 8.27. The van der Waals surface area contributed by atoms with Crippen LogP contribution < -0.4 is 0 Å². The number of hydrogen-bond acceptors (Lipinski definition) is 1. The molecule has 0 saturated carbocycles. The molecule has 0 aromatic rings. The molecule has 0 spiro atoms. The van der Waals surface area contributed by atoms with Gasteiger partial charge in [0.1, 0.15) is 0 Å². The van der Waals surface area contributed by atoms with E-state index < -0.39 is 5.97 Å². The van der Waals surface area contributed by atoms with Crippen molar-refractivity contribution in [2.75, 3.05) is 0 Å². The summed E-state index contributed by atoms with van der Waals surface area (Å²) in [4.78, 5) is 10.0. The molecule has 68 valence electrons. The van der Waals surface area contributed by atoms with E-state index in [1.165, 1.54) is 19.3 Å². The first-order chi connectivity index (χ1) is 4.77. The minimum atomic E-state index is -0.670. The molecule has 2 nitrogen and oxygen atoms in total. The van der Waals surface area contributed by atoms with Crippen LogP contribution in [0.3, 0.4) is 0 Å². The Kier molecular flexibility index (Phi) is 12.4. The van der Waals surface area contributed by atoms with Gasteiger partial charge in [-0.25, -0.2) is 0 Å². The van der Waals surface area contributed by atoms with Gasteiger partial charge in [0, 0.05) is 6.42 Å². The van der Waals surface area contributed by atoms with Gasteiger partial charge < -0.3 is 5.11 Å². The number of hydrogen-bond donors (Lipinski definition) is 1. The van der Waals surface area contributed by atoms with E-state index in [2.05, 4.69) is 6.92 Å². The van der Waals surface area contributed by atoms with Gasteiger partial charge in [0.05, 0.1) is 0 Å².